The van der Waals surface area contributed by atoms with Gasteiger partial charge in [0.05, 0.1) is 0 Å². The molecule has 19 heavy (non-hydrogen) atoms. The summed E-state index contributed by atoms with van der Waals surface area (Å²) in [6, 6.07) is 5.30. The molecule has 0 aliphatic rings. The van der Waals surface area contributed by atoms with Crippen molar-refractivity contribution in [3.05, 3.63) is 46.3 Å². The van der Waals surface area contributed by atoms with Crippen molar-refractivity contribution in [2.75, 3.05) is 5.32 Å². The van der Waals surface area contributed by atoms with Gasteiger partial charge >= 0.3 is 5.69 Å². The molecule has 2 aromatic rings. The standard InChI is InChI=1S/C13H16N4O2/c1-9-10(2)17(13(19)15-9)8-6-12(18)16-11-5-3-4-7-14-11/h3-5,7H,6,8H2,1-2H3,(H,15,19)(H,14,16,18). The van der Waals surface area contributed by atoms with Crippen LogP contribution in [0, 0.1) is 13.8 Å². The highest BCUT2D eigenvalue weighted by Crippen LogP contribution is 2.03. The quantitative estimate of drug-likeness (QED) is 0.867. The van der Waals surface area contributed by atoms with E-state index in [1.54, 1.807) is 29.0 Å². The summed E-state index contributed by atoms with van der Waals surface area (Å²) in [5.74, 6) is 0.352. The van der Waals surface area contributed by atoms with Gasteiger partial charge in [-0.1, -0.05) is 6.07 Å². The molecule has 100 valence electrons. The highest BCUT2D eigenvalue weighted by molar-refractivity contribution is 5.89. The molecule has 1 amide bonds. The molecule has 0 fully saturated rings. The second-order valence-corrected chi connectivity index (χ2v) is 4.31. The summed E-state index contributed by atoms with van der Waals surface area (Å²) >= 11 is 0. The van der Waals surface area contributed by atoms with Crippen molar-refractivity contribution < 1.29 is 4.79 Å². The van der Waals surface area contributed by atoms with Crippen LogP contribution in [-0.2, 0) is 11.3 Å². The lowest BCUT2D eigenvalue weighted by Crippen LogP contribution is -2.22. The summed E-state index contributed by atoms with van der Waals surface area (Å²) in [7, 11) is 0. The van der Waals surface area contributed by atoms with Crippen molar-refractivity contribution in [3.8, 4) is 0 Å². The molecule has 0 aromatic carbocycles. The number of carbonyl (C=O) groups excluding carboxylic acids is 1. The van der Waals surface area contributed by atoms with E-state index in [9.17, 15) is 9.59 Å². The number of hydrogen-bond acceptors (Lipinski definition) is 3. The van der Waals surface area contributed by atoms with Crippen molar-refractivity contribution in [3.63, 3.8) is 0 Å². The molecule has 2 heterocycles. The average molecular weight is 260 g/mol. The highest BCUT2D eigenvalue weighted by atomic mass is 16.2. The van der Waals surface area contributed by atoms with E-state index in [0.717, 1.165) is 11.4 Å². The second-order valence-electron chi connectivity index (χ2n) is 4.31. The number of nitrogens with zero attached hydrogens (tertiary/aromatic N) is 2. The number of aromatic amines is 1. The monoisotopic (exact) mass is 260 g/mol. The highest BCUT2D eigenvalue weighted by Gasteiger charge is 2.09. The third-order valence-corrected chi connectivity index (χ3v) is 2.98. The first-order valence-corrected chi connectivity index (χ1v) is 6.05. The van der Waals surface area contributed by atoms with Crippen LogP contribution in [0.15, 0.2) is 29.2 Å². The summed E-state index contributed by atoms with van der Waals surface area (Å²) < 4.78 is 1.56. The number of nitrogens with one attached hydrogen (secondary N) is 2. The zero-order valence-corrected chi connectivity index (χ0v) is 10.9. The van der Waals surface area contributed by atoms with Gasteiger partial charge < -0.3 is 10.3 Å². The van der Waals surface area contributed by atoms with Gasteiger partial charge in [0, 0.05) is 30.6 Å². The molecule has 0 aliphatic heterocycles. The number of aromatic nitrogens is 3. The molecule has 2 aromatic heterocycles. The first-order valence-electron chi connectivity index (χ1n) is 6.05. The van der Waals surface area contributed by atoms with Gasteiger partial charge in [0.1, 0.15) is 5.82 Å². The Hall–Kier alpha value is -2.37. The van der Waals surface area contributed by atoms with E-state index in [1.807, 2.05) is 13.8 Å². The Morgan fingerprint density at radius 3 is 2.79 bits per heavy atom. The van der Waals surface area contributed by atoms with Crippen LogP contribution in [0.25, 0.3) is 0 Å². The molecule has 0 saturated heterocycles. The van der Waals surface area contributed by atoms with Gasteiger partial charge in [-0.25, -0.2) is 9.78 Å². The van der Waals surface area contributed by atoms with E-state index >= 15 is 0 Å². The molecule has 0 radical (unpaired) electrons. The van der Waals surface area contributed by atoms with Gasteiger partial charge in [0.2, 0.25) is 5.91 Å². The molecule has 6 heteroatoms. The lowest BCUT2D eigenvalue weighted by Gasteiger charge is -2.05. The number of H-pyrrole nitrogens is 1. The molecule has 0 atom stereocenters. The van der Waals surface area contributed by atoms with Crippen molar-refractivity contribution >= 4 is 11.7 Å². The third kappa shape index (κ3) is 3.09. The topological polar surface area (TPSA) is 79.8 Å². The Labute approximate surface area is 110 Å². The van der Waals surface area contributed by atoms with Gasteiger partial charge in [-0.15, -0.1) is 0 Å². The zero-order valence-electron chi connectivity index (χ0n) is 10.9. The number of carbonyl (C=O) groups is 1. The van der Waals surface area contributed by atoms with E-state index in [4.69, 9.17) is 0 Å². The van der Waals surface area contributed by atoms with Crippen LogP contribution in [0.1, 0.15) is 17.8 Å². The summed E-state index contributed by atoms with van der Waals surface area (Å²) in [6.07, 6.45) is 1.84. The number of anilines is 1. The molecular weight excluding hydrogens is 244 g/mol. The molecule has 0 saturated carbocycles. The van der Waals surface area contributed by atoms with Gasteiger partial charge in [0.15, 0.2) is 0 Å². The minimum Gasteiger partial charge on any atom is -0.311 e. The number of aryl methyl sites for hydroxylation is 1. The van der Waals surface area contributed by atoms with Crippen LogP contribution in [0.4, 0.5) is 5.82 Å². The predicted octanol–water partition coefficient (Wildman–Crippen LogP) is 1.22. The molecule has 0 bridgehead atoms. The van der Waals surface area contributed by atoms with Gasteiger partial charge in [-0.3, -0.25) is 9.36 Å². The number of pyridine rings is 1. The second kappa shape index (κ2) is 5.51. The van der Waals surface area contributed by atoms with Crippen LogP contribution in [-0.4, -0.2) is 20.4 Å². The molecule has 0 spiro atoms. The first kappa shape index (κ1) is 13.1. The fraction of sp³-hybridized carbons (Fsp3) is 0.308. The normalized spacial score (nSPS) is 10.4. The van der Waals surface area contributed by atoms with Gasteiger partial charge in [-0.2, -0.15) is 0 Å². The minimum atomic E-state index is -0.180. The number of amides is 1. The summed E-state index contributed by atoms with van der Waals surface area (Å²) in [4.78, 5) is 30.1. The third-order valence-electron chi connectivity index (χ3n) is 2.98. The summed E-state index contributed by atoms with van der Waals surface area (Å²) in [5.41, 5.74) is 1.51. The maximum atomic E-state index is 11.7. The van der Waals surface area contributed by atoms with E-state index < -0.39 is 0 Å². The van der Waals surface area contributed by atoms with Crippen LogP contribution >= 0.6 is 0 Å². The molecule has 2 rings (SSSR count). The maximum Gasteiger partial charge on any atom is 0.325 e. The van der Waals surface area contributed by atoms with E-state index in [1.165, 1.54) is 0 Å². The van der Waals surface area contributed by atoms with Crippen molar-refractivity contribution in [1.29, 1.82) is 0 Å². The largest absolute Gasteiger partial charge is 0.325 e. The van der Waals surface area contributed by atoms with Crippen molar-refractivity contribution in [2.24, 2.45) is 0 Å². The van der Waals surface area contributed by atoms with Crippen LogP contribution in [0.5, 0.6) is 0 Å². The molecule has 2 N–H and O–H groups in total. The molecule has 0 aliphatic carbocycles. The Balaban J connectivity index is 1.96. The Bertz CT molecular complexity index is 628. The minimum absolute atomic E-state index is 0.163. The van der Waals surface area contributed by atoms with Crippen LogP contribution < -0.4 is 11.0 Å². The Morgan fingerprint density at radius 1 is 1.42 bits per heavy atom. The fourth-order valence-electron chi connectivity index (χ4n) is 1.80. The Kier molecular flexibility index (Phi) is 3.79. The molecule has 0 unspecified atom stereocenters. The molecular formula is C13H16N4O2. The average Bonchev–Trinajstić information content (AvgIpc) is 2.62. The van der Waals surface area contributed by atoms with E-state index in [2.05, 4.69) is 15.3 Å². The van der Waals surface area contributed by atoms with E-state index in [0.29, 0.717) is 12.4 Å². The first-order chi connectivity index (χ1) is 9.08. The van der Waals surface area contributed by atoms with Crippen molar-refractivity contribution in [2.45, 2.75) is 26.8 Å². The van der Waals surface area contributed by atoms with Crippen LogP contribution in [0.3, 0.4) is 0 Å². The summed E-state index contributed by atoms with van der Waals surface area (Å²) in [6.45, 7) is 4.04. The number of hydrogen-bond donors (Lipinski definition) is 2. The van der Waals surface area contributed by atoms with Crippen LogP contribution in [0.2, 0.25) is 0 Å². The van der Waals surface area contributed by atoms with Gasteiger partial charge in [-0.05, 0) is 26.0 Å². The Morgan fingerprint density at radius 2 is 2.21 bits per heavy atom. The number of rotatable bonds is 4. The summed E-state index contributed by atoms with van der Waals surface area (Å²) in [5, 5.41) is 2.68. The SMILES string of the molecule is Cc1[nH]c(=O)n(CCC(=O)Nc2ccccn2)c1C. The van der Waals surface area contributed by atoms with E-state index in [-0.39, 0.29) is 18.0 Å². The lowest BCUT2D eigenvalue weighted by molar-refractivity contribution is -0.116. The lowest BCUT2D eigenvalue weighted by atomic mass is 10.3. The fourth-order valence-corrected chi connectivity index (χ4v) is 1.80. The predicted molar refractivity (Wildman–Crippen MR) is 72.0 cm³/mol. The van der Waals surface area contributed by atoms with Gasteiger partial charge in [0.25, 0.3) is 0 Å². The zero-order chi connectivity index (χ0) is 13.8. The van der Waals surface area contributed by atoms with Crippen molar-refractivity contribution in [1.82, 2.24) is 14.5 Å². The number of imidazole rings is 1. The molecule has 6 nitrogen and oxygen atoms in total. The maximum absolute atomic E-state index is 11.7. The smallest absolute Gasteiger partial charge is 0.311 e.